The normalized spacial score (nSPS) is 15.3. The molecular formula is C23H20N4O2. The van der Waals surface area contributed by atoms with Crippen molar-refractivity contribution in [2.75, 3.05) is 6.61 Å². The van der Waals surface area contributed by atoms with E-state index in [0.717, 1.165) is 39.3 Å². The van der Waals surface area contributed by atoms with Gasteiger partial charge in [-0.25, -0.2) is 4.68 Å². The number of hydrogen-bond donors (Lipinski definition) is 0. The predicted molar refractivity (Wildman–Crippen MR) is 109 cm³/mol. The van der Waals surface area contributed by atoms with Crippen molar-refractivity contribution in [1.29, 1.82) is 0 Å². The molecule has 0 bridgehead atoms. The van der Waals surface area contributed by atoms with Gasteiger partial charge < -0.3 is 4.74 Å². The van der Waals surface area contributed by atoms with Gasteiger partial charge >= 0.3 is 0 Å². The molecule has 1 aromatic carbocycles. The second-order valence-corrected chi connectivity index (χ2v) is 7.41. The number of benzene rings is 1. The second-order valence-electron chi connectivity index (χ2n) is 7.41. The van der Waals surface area contributed by atoms with E-state index in [1.807, 2.05) is 60.3 Å². The fourth-order valence-electron chi connectivity index (χ4n) is 3.88. The SMILES string of the molecule is Cc1cc(-n2ncc3cc(CC(=O)CC4COc5ccccc54)ncc32)ccn1. The molecule has 1 aliphatic heterocycles. The van der Waals surface area contributed by atoms with Gasteiger partial charge in [0.1, 0.15) is 11.5 Å². The van der Waals surface area contributed by atoms with E-state index in [2.05, 4.69) is 15.1 Å². The van der Waals surface area contributed by atoms with Gasteiger partial charge in [-0.05, 0) is 31.2 Å². The Morgan fingerprint density at radius 2 is 2.07 bits per heavy atom. The maximum Gasteiger partial charge on any atom is 0.139 e. The van der Waals surface area contributed by atoms with Crippen molar-refractivity contribution in [3.05, 3.63) is 78.0 Å². The van der Waals surface area contributed by atoms with Crippen molar-refractivity contribution in [2.24, 2.45) is 0 Å². The molecule has 3 aromatic heterocycles. The number of nitrogens with zero attached hydrogens (tertiary/aromatic N) is 4. The van der Waals surface area contributed by atoms with Crippen LogP contribution in [-0.4, -0.2) is 32.1 Å². The Labute approximate surface area is 168 Å². The summed E-state index contributed by atoms with van der Waals surface area (Å²) in [5.74, 6) is 1.18. The number of hydrogen-bond acceptors (Lipinski definition) is 5. The Balaban J connectivity index is 1.33. The number of ether oxygens (including phenoxy) is 1. The Bertz CT molecular complexity index is 1210. The van der Waals surface area contributed by atoms with E-state index < -0.39 is 0 Å². The summed E-state index contributed by atoms with van der Waals surface area (Å²) in [5, 5.41) is 5.45. The minimum absolute atomic E-state index is 0.125. The maximum atomic E-state index is 12.7. The van der Waals surface area contributed by atoms with Crippen molar-refractivity contribution in [2.45, 2.75) is 25.7 Å². The number of para-hydroxylation sites is 1. The Hall–Kier alpha value is -3.54. The fourth-order valence-corrected chi connectivity index (χ4v) is 3.88. The van der Waals surface area contributed by atoms with Crippen LogP contribution in [0.1, 0.15) is 29.3 Å². The number of rotatable bonds is 5. The molecule has 0 saturated carbocycles. The van der Waals surface area contributed by atoms with E-state index in [1.54, 1.807) is 12.4 Å². The molecule has 0 fully saturated rings. The van der Waals surface area contributed by atoms with E-state index in [-0.39, 0.29) is 11.7 Å². The van der Waals surface area contributed by atoms with E-state index in [0.29, 0.717) is 19.4 Å². The summed E-state index contributed by atoms with van der Waals surface area (Å²) in [4.78, 5) is 21.4. The van der Waals surface area contributed by atoms with Crippen LogP contribution in [0.25, 0.3) is 16.6 Å². The van der Waals surface area contributed by atoms with Crippen molar-refractivity contribution in [3.63, 3.8) is 0 Å². The minimum Gasteiger partial charge on any atom is -0.493 e. The number of aromatic nitrogens is 4. The first-order valence-corrected chi connectivity index (χ1v) is 9.66. The van der Waals surface area contributed by atoms with Gasteiger partial charge in [-0.1, -0.05) is 18.2 Å². The van der Waals surface area contributed by atoms with Crippen molar-refractivity contribution in [1.82, 2.24) is 19.7 Å². The summed E-state index contributed by atoms with van der Waals surface area (Å²) < 4.78 is 7.53. The summed E-state index contributed by atoms with van der Waals surface area (Å²) in [7, 11) is 0. The van der Waals surface area contributed by atoms with E-state index >= 15 is 0 Å². The highest BCUT2D eigenvalue weighted by atomic mass is 16.5. The van der Waals surface area contributed by atoms with E-state index in [4.69, 9.17) is 4.74 Å². The number of Topliss-reactive ketones (excluding diaryl/α,β-unsaturated/α-hetero) is 1. The largest absolute Gasteiger partial charge is 0.493 e. The summed E-state index contributed by atoms with van der Waals surface area (Å²) in [5.41, 5.74) is 4.67. The highest BCUT2D eigenvalue weighted by molar-refractivity contribution is 5.84. The molecule has 6 heteroatoms. The fraction of sp³-hybridized carbons (Fsp3) is 0.217. The smallest absolute Gasteiger partial charge is 0.139 e. The summed E-state index contributed by atoms with van der Waals surface area (Å²) in [6.07, 6.45) is 6.14. The van der Waals surface area contributed by atoms with E-state index in [1.165, 1.54) is 0 Å². The third-order valence-corrected chi connectivity index (χ3v) is 5.29. The van der Waals surface area contributed by atoms with Crippen LogP contribution < -0.4 is 4.74 Å². The van der Waals surface area contributed by atoms with Gasteiger partial charge in [0, 0.05) is 47.3 Å². The van der Waals surface area contributed by atoms with Crippen LogP contribution in [0.2, 0.25) is 0 Å². The zero-order chi connectivity index (χ0) is 19.8. The lowest BCUT2D eigenvalue weighted by molar-refractivity contribution is -0.118. The van der Waals surface area contributed by atoms with E-state index in [9.17, 15) is 4.79 Å². The number of fused-ring (bicyclic) bond motifs is 2. The molecule has 0 amide bonds. The molecule has 5 rings (SSSR count). The molecule has 0 N–H and O–H groups in total. The third kappa shape index (κ3) is 3.38. The highest BCUT2D eigenvalue weighted by Gasteiger charge is 2.26. The van der Waals surface area contributed by atoms with Crippen LogP contribution in [0.15, 0.2) is 61.1 Å². The summed E-state index contributed by atoms with van der Waals surface area (Å²) in [6.45, 7) is 2.51. The lowest BCUT2D eigenvalue weighted by Crippen LogP contribution is -2.11. The highest BCUT2D eigenvalue weighted by Crippen LogP contribution is 2.35. The van der Waals surface area contributed by atoms with Gasteiger partial charge in [0.15, 0.2) is 0 Å². The maximum absolute atomic E-state index is 12.7. The first-order chi connectivity index (χ1) is 14.2. The van der Waals surface area contributed by atoms with Crippen LogP contribution in [-0.2, 0) is 11.2 Å². The van der Waals surface area contributed by atoms with Gasteiger partial charge in [-0.3, -0.25) is 14.8 Å². The topological polar surface area (TPSA) is 69.9 Å². The van der Waals surface area contributed by atoms with Gasteiger partial charge in [0.05, 0.1) is 30.2 Å². The standard InChI is InChI=1S/C23H20N4O2/c1-15-8-19(6-7-24-15)27-22-13-25-18(9-16(22)12-26-27)11-20(28)10-17-14-29-23-5-3-2-4-21(17)23/h2-9,12-13,17H,10-11,14H2,1H3. The van der Waals surface area contributed by atoms with Crippen molar-refractivity contribution >= 4 is 16.7 Å². The monoisotopic (exact) mass is 384 g/mol. The molecule has 144 valence electrons. The molecule has 0 spiro atoms. The zero-order valence-electron chi connectivity index (χ0n) is 16.1. The second kappa shape index (κ2) is 7.13. The van der Waals surface area contributed by atoms with Gasteiger partial charge in [0.2, 0.25) is 0 Å². The molecule has 0 aliphatic carbocycles. The predicted octanol–water partition coefficient (Wildman–Crippen LogP) is 3.80. The minimum atomic E-state index is 0.125. The Morgan fingerprint density at radius 1 is 1.17 bits per heavy atom. The third-order valence-electron chi connectivity index (χ3n) is 5.29. The summed E-state index contributed by atoms with van der Waals surface area (Å²) in [6, 6.07) is 13.8. The quantitative estimate of drug-likeness (QED) is 0.523. The molecule has 4 aromatic rings. The molecule has 4 heterocycles. The Morgan fingerprint density at radius 3 is 2.97 bits per heavy atom. The number of carbonyl (C=O) groups is 1. The van der Waals surface area contributed by atoms with Crippen LogP contribution >= 0.6 is 0 Å². The van der Waals surface area contributed by atoms with Crippen LogP contribution in [0.5, 0.6) is 5.75 Å². The molecule has 0 radical (unpaired) electrons. The zero-order valence-corrected chi connectivity index (χ0v) is 16.1. The average molecular weight is 384 g/mol. The number of aryl methyl sites for hydroxylation is 1. The molecule has 6 nitrogen and oxygen atoms in total. The molecule has 1 unspecified atom stereocenters. The van der Waals surface area contributed by atoms with Gasteiger partial charge in [-0.2, -0.15) is 5.10 Å². The molecule has 0 saturated heterocycles. The number of carbonyl (C=O) groups excluding carboxylic acids is 1. The van der Waals surface area contributed by atoms with Crippen molar-refractivity contribution in [3.8, 4) is 11.4 Å². The average Bonchev–Trinajstić information content (AvgIpc) is 3.32. The Kier molecular flexibility index (Phi) is 4.31. The number of ketones is 1. The number of pyridine rings is 2. The molecule has 1 aliphatic rings. The summed E-state index contributed by atoms with van der Waals surface area (Å²) >= 11 is 0. The first-order valence-electron chi connectivity index (χ1n) is 9.66. The molecular weight excluding hydrogens is 364 g/mol. The first kappa shape index (κ1) is 17.6. The van der Waals surface area contributed by atoms with Crippen LogP contribution in [0, 0.1) is 6.92 Å². The van der Waals surface area contributed by atoms with Crippen molar-refractivity contribution < 1.29 is 9.53 Å². The van der Waals surface area contributed by atoms with Gasteiger partial charge in [-0.15, -0.1) is 0 Å². The van der Waals surface area contributed by atoms with Crippen LogP contribution in [0.3, 0.4) is 0 Å². The van der Waals surface area contributed by atoms with Crippen LogP contribution in [0.4, 0.5) is 0 Å². The lowest BCUT2D eigenvalue weighted by Gasteiger charge is -2.08. The lowest BCUT2D eigenvalue weighted by atomic mass is 9.94. The molecule has 1 atom stereocenters. The van der Waals surface area contributed by atoms with Gasteiger partial charge in [0.25, 0.3) is 0 Å². The molecule has 29 heavy (non-hydrogen) atoms.